The molecule has 18 heavy (non-hydrogen) atoms. The molecule has 0 bridgehead atoms. The van der Waals surface area contributed by atoms with E-state index >= 15 is 0 Å². The van der Waals surface area contributed by atoms with Crippen LogP contribution in [0.2, 0.25) is 0 Å². The maximum atomic E-state index is 11.9. The Balaban J connectivity index is 1.74. The number of piperidine rings is 1. The van der Waals surface area contributed by atoms with Crippen molar-refractivity contribution in [1.29, 1.82) is 0 Å². The van der Waals surface area contributed by atoms with E-state index in [9.17, 15) is 4.79 Å². The van der Waals surface area contributed by atoms with Crippen LogP contribution in [0.3, 0.4) is 0 Å². The number of hydrogen-bond donors (Lipinski definition) is 2. The minimum absolute atomic E-state index is 0.0511. The normalized spacial score (nSPS) is 27.8. The molecule has 4 heteroatoms. The van der Waals surface area contributed by atoms with Gasteiger partial charge in [-0.05, 0) is 58.2 Å². The molecule has 0 aromatic rings. The van der Waals surface area contributed by atoms with E-state index in [-0.39, 0.29) is 11.9 Å². The second kappa shape index (κ2) is 7.10. The summed E-state index contributed by atoms with van der Waals surface area (Å²) in [5, 5.41) is 6.57. The van der Waals surface area contributed by atoms with Gasteiger partial charge in [-0.25, -0.2) is 0 Å². The molecule has 1 amide bonds. The molecule has 0 radical (unpaired) electrons. The fraction of sp³-hybridized carbons (Fsp3) is 0.929. The third-order valence-electron chi connectivity index (χ3n) is 4.10. The number of hydrogen-bond acceptors (Lipinski definition) is 3. The first-order valence-corrected chi connectivity index (χ1v) is 7.55. The quantitative estimate of drug-likeness (QED) is 0.789. The second-order valence-corrected chi connectivity index (χ2v) is 5.62. The average Bonchev–Trinajstić information content (AvgIpc) is 2.58. The van der Waals surface area contributed by atoms with Crippen LogP contribution in [0.5, 0.6) is 0 Å². The number of carbonyl (C=O) groups excluding carboxylic acids is 1. The zero-order chi connectivity index (χ0) is 12.8. The molecule has 4 nitrogen and oxygen atoms in total. The second-order valence-electron chi connectivity index (χ2n) is 5.62. The fourth-order valence-corrected chi connectivity index (χ4v) is 3.02. The maximum absolute atomic E-state index is 11.9. The molecule has 2 heterocycles. The Hall–Kier alpha value is -0.610. The summed E-state index contributed by atoms with van der Waals surface area (Å²) in [7, 11) is 0. The Morgan fingerprint density at radius 2 is 2.06 bits per heavy atom. The predicted molar refractivity (Wildman–Crippen MR) is 73.5 cm³/mol. The molecule has 2 N–H and O–H groups in total. The van der Waals surface area contributed by atoms with Gasteiger partial charge in [0.2, 0.25) is 5.91 Å². The van der Waals surface area contributed by atoms with Gasteiger partial charge in [0.05, 0.1) is 6.04 Å². The van der Waals surface area contributed by atoms with Crippen molar-refractivity contribution in [2.75, 3.05) is 26.2 Å². The van der Waals surface area contributed by atoms with Crippen molar-refractivity contribution in [3.63, 3.8) is 0 Å². The Labute approximate surface area is 110 Å². The van der Waals surface area contributed by atoms with Gasteiger partial charge in [-0.3, -0.25) is 4.79 Å². The molecule has 0 saturated carbocycles. The van der Waals surface area contributed by atoms with Crippen molar-refractivity contribution in [3.8, 4) is 0 Å². The SMILES string of the molecule is CCCN1CCC(NC2CCCCNC2=O)CC1. The smallest absolute Gasteiger partial charge is 0.237 e. The number of nitrogens with zero attached hydrogens (tertiary/aromatic N) is 1. The minimum Gasteiger partial charge on any atom is -0.355 e. The molecule has 0 spiro atoms. The number of likely N-dealkylation sites (tertiary alicyclic amines) is 1. The van der Waals surface area contributed by atoms with Gasteiger partial charge < -0.3 is 15.5 Å². The van der Waals surface area contributed by atoms with Crippen molar-refractivity contribution in [3.05, 3.63) is 0 Å². The lowest BCUT2D eigenvalue weighted by Crippen LogP contribution is -2.51. The molecule has 2 rings (SSSR count). The molecule has 2 fully saturated rings. The van der Waals surface area contributed by atoms with Crippen molar-refractivity contribution in [2.45, 2.75) is 57.5 Å². The summed E-state index contributed by atoms with van der Waals surface area (Å²) >= 11 is 0. The monoisotopic (exact) mass is 253 g/mol. The highest BCUT2D eigenvalue weighted by Crippen LogP contribution is 2.13. The molecule has 0 aromatic heterocycles. The molecule has 1 unspecified atom stereocenters. The van der Waals surface area contributed by atoms with Crippen molar-refractivity contribution in [2.24, 2.45) is 0 Å². The van der Waals surface area contributed by atoms with Crippen LogP contribution in [-0.4, -0.2) is 49.1 Å². The van der Waals surface area contributed by atoms with Crippen molar-refractivity contribution in [1.82, 2.24) is 15.5 Å². The lowest BCUT2D eigenvalue weighted by atomic mass is 10.0. The minimum atomic E-state index is 0.0511. The number of carbonyl (C=O) groups is 1. The van der Waals surface area contributed by atoms with Crippen LogP contribution >= 0.6 is 0 Å². The van der Waals surface area contributed by atoms with E-state index < -0.39 is 0 Å². The van der Waals surface area contributed by atoms with Gasteiger partial charge in [0, 0.05) is 12.6 Å². The summed E-state index contributed by atoms with van der Waals surface area (Å²) in [5.74, 6) is 0.212. The summed E-state index contributed by atoms with van der Waals surface area (Å²) in [6.45, 7) is 6.67. The van der Waals surface area contributed by atoms with E-state index in [1.807, 2.05) is 0 Å². The Morgan fingerprint density at radius 1 is 1.28 bits per heavy atom. The van der Waals surface area contributed by atoms with Gasteiger partial charge in [0.1, 0.15) is 0 Å². The Morgan fingerprint density at radius 3 is 2.78 bits per heavy atom. The van der Waals surface area contributed by atoms with Gasteiger partial charge in [-0.1, -0.05) is 6.92 Å². The number of amides is 1. The predicted octanol–water partition coefficient (Wildman–Crippen LogP) is 1.12. The lowest BCUT2D eigenvalue weighted by Gasteiger charge is -2.33. The number of nitrogens with one attached hydrogen (secondary N) is 2. The summed E-state index contributed by atoms with van der Waals surface area (Å²) < 4.78 is 0. The first kappa shape index (κ1) is 13.8. The third kappa shape index (κ3) is 3.95. The van der Waals surface area contributed by atoms with Crippen LogP contribution in [0.4, 0.5) is 0 Å². The first-order valence-electron chi connectivity index (χ1n) is 7.55. The number of rotatable bonds is 4. The van der Waals surface area contributed by atoms with E-state index in [0.29, 0.717) is 6.04 Å². The molecular formula is C14H27N3O. The van der Waals surface area contributed by atoms with Crippen LogP contribution in [0.1, 0.15) is 45.4 Å². The van der Waals surface area contributed by atoms with Gasteiger partial charge in [0.25, 0.3) is 0 Å². The molecule has 2 saturated heterocycles. The van der Waals surface area contributed by atoms with Crippen LogP contribution in [0.25, 0.3) is 0 Å². The fourth-order valence-electron chi connectivity index (χ4n) is 3.02. The molecule has 0 aromatic carbocycles. The zero-order valence-corrected chi connectivity index (χ0v) is 11.6. The highest BCUT2D eigenvalue weighted by atomic mass is 16.2. The van der Waals surface area contributed by atoms with Crippen LogP contribution in [0.15, 0.2) is 0 Å². The maximum Gasteiger partial charge on any atom is 0.237 e. The highest BCUT2D eigenvalue weighted by Gasteiger charge is 2.25. The molecule has 2 aliphatic rings. The summed E-state index contributed by atoms with van der Waals surface area (Å²) in [6.07, 6.45) is 6.89. The molecular weight excluding hydrogens is 226 g/mol. The summed E-state index contributed by atoms with van der Waals surface area (Å²) in [5.41, 5.74) is 0. The Kier molecular flexibility index (Phi) is 5.45. The van der Waals surface area contributed by atoms with E-state index in [0.717, 1.165) is 25.8 Å². The van der Waals surface area contributed by atoms with Crippen molar-refractivity contribution >= 4 is 5.91 Å². The van der Waals surface area contributed by atoms with E-state index in [1.54, 1.807) is 0 Å². The first-order chi connectivity index (χ1) is 8.79. The largest absolute Gasteiger partial charge is 0.355 e. The zero-order valence-electron chi connectivity index (χ0n) is 11.6. The topological polar surface area (TPSA) is 44.4 Å². The molecule has 2 aliphatic heterocycles. The van der Waals surface area contributed by atoms with E-state index in [2.05, 4.69) is 22.5 Å². The van der Waals surface area contributed by atoms with Crippen LogP contribution < -0.4 is 10.6 Å². The van der Waals surface area contributed by atoms with Gasteiger partial charge in [-0.2, -0.15) is 0 Å². The van der Waals surface area contributed by atoms with E-state index in [1.165, 1.54) is 38.9 Å². The van der Waals surface area contributed by atoms with Crippen molar-refractivity contribution < 1.29 is 4.79 Å². The summed E-state index contributed by atoms with van der Waals surface area (Å²) in [6, 6.07) is 0.585. The summed E-state index contributed by atoms with van der Waals surface area (Å²) in [4.78, 5) is 14.4. The van der Waals surface area contributed by atoms with E-state index in [4.69, 9.17) is 0 Å². The standard InChI is InChI=1S/C14H27N3O/c1-2-9-17-10-6-12(7-11-17)16-13-5-3-4-8-15-14(13)18/h12-13,16H,2-11H2,1H3,(H,15,18). The molecule has 0 aliphatic carbocycles. The van der Waals surface area contributed by atoms with Gasteiger partial charge in [-0.15, -0.1) is 0 Å². The van der Waals surface area contributed by atoms with Crippen LogP contribution in [0, 0.1) is 0 Å². The average molecular weight is 253 g/mol. The Bertz CT molecular complexity index is 262. The third-order valence-corrected chi connectivity index (χ3v) is 4.10. The van der Waals surface area contributed by atoms with Gasteiger partial charge in [0.15, 0.2) is 0 Å². The van der Waals surface area contributed by atoms with Crippen LogP contribution in [-0.2, 0) is 4.79 Å². The van der Waals surface area contributed by atoms with Gasteiger partial charge >= 0.3 is 0 Å². The molecule has 1 atom stereocenters. The molecule has 104 valence electrons. The lowest BCUT2D eigenvalue weighted by molar-refractivity contribution is -0.123. The highest BCUT2D eigenvalue weighted by molar-refractivity contribution is 5.81.